The number of amides is 1. The van der Waals surface area contributed by atoms with Crippen LogP contribution in [0, 0.1) is 18.3 Å². The molecule has 222 valence electrons. The molecule has 43 heavy (non-hydrogen) atoms. The van der Waals surface area contributed by atoms with Gasteiger partial charge in [0.25, 0.3) is 5.91 Å². The zero-order valence-corrected chi connectivity index (χ0v) is 26.5. The van der Waals surface area contributed by atoms with Crippen LogP contribution in [0.5, 0.6) is 0 Å². The summed E-state index contributed by atoms with van der Waals surface area (Å²) >= 11 is 6.15. The van der Waals surface area contributed by atoms with Gasteiger partial charge in [0, 0.05) is 16.1 Å². The molecule has 0 spiro atoms. The van der Waals surface area contributed by atoms with Crippen LogP contribution in [0.25, 0.3) is 22.6 Å². The largest absolute Gasteiger partial charge is 0.452 e. The molecule has 1 aliphatic rings. The number of aryl methyl sites for hydroxylation is 1. The maximum absolute atomic E-state index is 13.9. The number of fused-ring (bicyclic) bond motifs is 2. The second-order valence-corrected chi connectivity index (χ2v) is 13.3. The number of aromatic nitrogens is 1. The lowest BCUT2D eigenvalue weighted by Gasteiger charge is -2.36. The molecule has 0 radical (unpaired) electrons. The fourth-order valence-corrected chi connectivity index (χ4v) is 5.98. The van der Waals surface area contributed by atoms with Gasteiger partial charge in [0.15, 0.2) is 6.61 Å². The maximum Gasteiger partial charge on any atom is 0.339 e. The van der Waals surface area contributed by atoms with E-state index in [2.05, 4.69) is 46.0 Å². The third-order valence-electron chi connectivity index (χ3n) is 8.38. The number of rotatable bonds is 6. The van der Waals surface area contributed by atoms with E-state index in [9.17, 15) is 9.59 Å². The molecule has 0 bridgehead atoms. The van der Waals surface area contributed by atoms with Crippen LogP contribution >= 0.6 is 11.6 Å². The first-order valence-corrected chi connectivity index (χ1v) is 15.2. The minimum atomic E-state index is -0.515. The van der Waals surface area contributed by atoms with E-state index in [0.29, 0.717) is 17.0 Å². The monoisotopic (exact) mass is 594 g/mol. The zero-order chi connectivity index (χ0) is 30.9. The number of carbonyl (C=O) groups is 2. The van der Waals surface area contributed by atoms with Gasteiger partial charge < -0.3 is 10.1 Å². The molecule has 1 aromatic heterocycles. The fraction of sp³-hybridized carbons (Fsp3) is 0.324. The Balaban J connectivity index is 1.53. The number of pyridine rings is 1. The number of ether oxygens (including phenoxy) is 1. The van der Waals surface area contributed by atoms with Gasteiger partial charge in [0.1, 0.15) is 0 Å². The molecule has 1 N–H and O–H groups in total. The van der Waals surface area contributed by atoms with Crippen LogP contribution in [-0.4, -0.2) is 23.5 Å². The number of hydrogen-bond acceptors (Lipinski definition) is 4. The number of nitrogens with one attached hydrogen (secondary N) is 1. The first kappa shape index (κ1) is 30.5. The summed E-state index contributed by atoms with van der Waals surface area (Å²) in [4.78, 5) is 32.1. The van der Waals surface area contributed by atoms with Gasteiger partial charge in [-0.05, 0) is 89.1 Å². The summed E-state index contributed by atoms with van der Waals surface area (Å²) in [6.45, 7) is 12.4. The smallest absolute Gasteiger partial charge is 0.339 e. The van der Waals surface area contributed by atoms with Gasteiger partial charge in [-0.3, -0.25) is 4.79 Å². The van der Waals surface area contributed by atoms with Crippen molar-refractivity contribution >= 4 is 51.7 Å². The molecule has 0 aliphatic heterocycles. The van der Waals surface area contributed by atoms with E-state index in [-0.39, 0.29) is 29.8 Å². The summed E-state index contributed by atoms with van der Waals surface area (Å²) in [6, 6.07) is 21.3. The predicted molar refractivity (Wildman–Crippen MR) is 177 cm³/mol. The number of esters is 1. The van der Waals surface area contributed by atoms with E-state index in [4.69, 9.17) is 21.3 Å². The topological polar surface area (TPSA) is 68.3 Å². The lowest BCUT2D eigenvalue weighted by molar-refractivity contribution is -0.119. The molecule has 6 heteroatoms. The Labute approximate surface area is 259 Å². The Morgan fingerprint density at radius 1 is 1.02 bits per heavy atom. The maximum atomic E-state index is 13.9. The van der Waals surface area contributed by atoms with Crippen LogP contribution in [-0.2, 0) is 16.0 Å². The normalized spacial score (nSPS) is 15.9. The molecule has 0 unspecified atom stereocenters. The van der Waals surface area contributed by atoms with E-state index >= 15 is 0 Å². The second-order valence-electron chi connectivity index (χ2n) is 12.8. The Kier molecular flexibility index (Phi) is 8.75. The third kappa shape index (κ3) is 6.67. The van der Waals surface area contributed by atoms with E-state index in [1.165, 1.54) is 0 Å². The first-order chi connectivity index (χ1) is 20.4. The van der Waals surface area contributed by atoms with Crippen molar-refractivity contribution < 1.29 is 14.3 Å². The fourth-order valence-electron chi connectivity index (χ4n) is 5.85. The van der Waals surface area contributed by atoms with Crippen molar-refractivity contribution in [3.05, 3.63) is 105 Å². The average molecular weight is 595 g/mol. The molecular formula is C37H39ClN2O3. The molecule has 5 rings (SSSR count). The molecule has 0 saturated heterocycles. The minimum Gasteiger partial charge on any atom is -0.452 e. The van der Waals surface area contributed by atoms with Gasteiger partial charge in [0.05, 0.1) is 16.8 Å². The van der Waals surface area contributed by atoms with Crippen LogP contribution in [0.15, 0.2) is 66.7 Å². The standard InChI is InChI=1S/C37H39ClN2O3/c1-22(2)28-12-9-10-23(3)34(28)40-32(41)21-43-36(42)33-29-11-7-8-13-31(29)39-35-25(18-24-14-16-27(38)17-15-24)19-26(20-30(33)35)37(4,5)6/h7-18,22,26H,19-21H2,1-6H3,(H,40,41)/b25-18+/t26-/m0/s1. The highest BCUT2D eigenvalue weighted by atomic mass is 35.5. The van der Waals surface area contributed by atoms with Crippen molar-refractivity contribution in [3.63, 3.8) is 0 Å². The number of carbonyl (C=O) groups excluding carboxylic acids is 2. The molecule has 0 saturated carbocycles. The van der Waals surface area contributed by atoms with Gasteiger partial charge in [-0.1, -0.05) is 94.8 Å². The highest BCUT2D eigenvalue weighted by Gasteiger charge is 2.35. The third-order valence-corrected chi connectivity index (χ3v) is 8.63. The Morgan fingerprint density at radius 2 is 1.74 bits per heavy atom. The van der Waals surface area contributed by atoms with Crippen LogP contribution in [0.4, 0.5) is 5.69 Å². The number of para-hydroxylation sites is 2. The number of anilines is 1. The van der Waals surface area contributed by atoms with Crippen LogP contribution < -0.4 is 5.32 Å². The molecule has 1 aliphatic carbocycles. The summed E-state index contributed by atoms with van der Waals surface area (Å²) in [5.41, 5.74) is 7.76. The summed E-state index contributed by atoms with van der Waals surface area (Å²) < 4.78 is 5.75. The lowest BCUT2D eigenvalue weighted by Crippen LogP contribution is -2.29. The van der Waals surface area contributed by atoms with Crippen molar-refractivity contribution in [1.29, 1.82) is 0 Å². The number of allylic oxidation sites excluding steroid dienone is 1. The van der Waals surface area contributed by atoms with Crippen molar-refractivity contribution in [2.45, 2.75) is 60.3 Å². The van der Waals surface area contributed by atoms with Gasteiger partial charge in [-0.15, -0.1) is 0 Å². The first-order valence-electron chi connectivity index (χ1n) is 14.9. The predicted octanol–water partition coefficient (Wildman–Crippen LogP) is 9.26. The number of benzene rings is 3. The highest BCUT2D eigenvalue weighted by molar-refractivity contribution is 6.30. The molecular weight excluding hydrogens is 556 g/mol. The van der Waals surface area contributed by atoms with Gasteiger partial charge in [-0.2, -0.15) is 0 Å². The molecule has 1 amide bonds. The molecule has 0 fully saturated rings. The van der Waals surface area contributed by atoms with Crippen LogP contribution in [0.1, 0.15) is 85.3 Å². The van der Waals surface area contributed by atoms with Gasteiger partial charge in [-0.25, -0.2) is 9.78 Å². The molecule has 3 aromatic carbocycles. The second kappa shape index (κ2) is 12.3. The zero-order valence-electron chi connectivity index (χ0n) is 25.8. The van der Waals surface area contributed by atoms with Crippen LogP contribution in [0.2, 0.25) is 5.02 Å². The summed E-state index contributed by atoms with van der Waals surface area (Å²) in [6.07, 6.45) is 3.66. The van der Waals surface area contributed by atoms with Crippen molar-refractivity contribution in [2.24, 2.45) is 11.3 Å². The van der Waals surface area contributed by atoms with Crippen LogP contribution in [0.3, 0.4) is 0 Å². The van der Waals surface area contributed by atoms with Crippen molar-refractivity contribution in [1.82, 2.24) is 4.98 Å². The molecule has 4 aromatic rings. The summed E-state index contributed by atoms with van der Waals surface area (Å²) in [5, 5.41) is 4.39. The van der Waals surface area contributed by atoms with Crippen molar-refractivity contribution in [3.8, 4) is 0 Å². The number of hydrogen-bond donors (Lipinski definition) is 1. The lowest BCUT2D eigenvalue weighted by atomic mass is 9.69. The molecule has 1 heterocycles. The number of nitrogens with zero attached hydrogens (tertiary/aromatic N) is 1. The average Bonchev–Trinajstić information content (AvgIpc) is 2.96. The van der Waals surface area contributed by atoms with Crippen molar-refractivity contribution in [2.75, 3.05) is 11.9 Å². The Hall–Kier alpha value is -3.96. The highest BCUT2D eigenvalue weighted by Crippen LogP contribution is 2.45. The van der Waals surface area contributed by atoms with Gasteiger partial charge >= 0.3 is 5.97 Å². The molecule has 1 atom stereocenters. The molecule has 5 nitrogen and oxygen atoms in total. The van der Waals surface area contributed by atoms with E-state index in [0.717, 1.165) is 56.5 Å². The van der Waals surface area contributed by atoms with E-state index in [1.807, 2.05) is 73.7 Å². The quantitative estimate of drug-likeness (QED) is 0.226. The van der Waals surface area contributed by atoms with E-state index in [1.54, 1.807) is 0 Å². The SMILES string of the molecule is Cc1cccc(C(C)C)c1NC(=O)COC(=O)c1c2c(nc3ccccc13)/C(=C/c1ccc(Cl)cc1)C[C@H](C(C)(C)C)C2. The van der Waals surface area contributed by atoms with E-state index < -0.39 is 5.97 Å². The summed E-state index contributed by atoms with van der Waals surface area (Å²) in [5.74, 6) is -0.378. The van der Waals surface area contributed by atoms with Gasteiger partial charge in [0.2, 0.25) is 0 Å². The summed E-state index contributed by atoms with van der Waals surface area (Å²) in [7, 11) is 0. The number of halogens is 1. The Morgan fingerprint density at radius 3 is 2.44 bits per heavy atom. The Bertz CT molecular complexity index is 1710. The minimum absolute atomic E-state index is 0.00878.